The molecule has 0 atom stereocenters. The Morgan fingerprint density at radius 3 is 2.81 bits per heavy atom. The number of amides is 1. The van der Waals surface area contributed by atoms with E-state index in [1.807, 2.05) is 35.2 Å². The first-order valence-electron chi connectivity index (χ1n) is 7.52. The Bertz CT molecular complexity index is 634. The maximum absolute atomic E-state index is 12.9. The van der Waals surface area contributed by atoms with Crippen LogP contribution in [0.4, 0.5) is 0 Å². The summed E-state index contributed by atoms with van der Waals surface area (Å²) in [4.78, 5) is 19.3. The van der Waals surface area contributed by atoms with E-state index in [0.29, 0.717) is 17.5 Å². The lowest BCUT2D eigenvalue weighted by atomic mass is 9.90. The van der Waals surface area contributed by atoms with Crippen LogP contribution in [0.15, 0.2) is 36.5 Å². The number of rotatable bonds is 5. The van der Waals surface area contributed by atoms with Crippen LogP contribution in [0.25, 0.3) is 10.9 Å². The molecule has 0 aliphatic heterocycles. The van der Waals surface area contributed by atoms with Gasteiger partial charge in [0.2, 0.25) is 0 Å². The van der Waals surface area contributed by atoms with Crippen molar-refractivity contribution in [2.75, 3.05) is 12.4 Å². The second-order valence-corrected chi connectivity index (χ2v) is 5.88. The zero-order valence-electron chi connectivity index (χ0n) is 12.0. The summed E-state index contributed by atoms with van der Waals surface area (Å²) < 4.78 is 0. The van der Waals surface area contributed by atoms with Gasteiger partial charge in [0, 0.05) is 30.0 Å². The summed E-state index contributed by atoms with van der Waals surface area (Å²) in [5.74, 6) is 0.679. The van der Waals surface area contributed by atoms with Gasteiger partial charge in [-0.1, -0.05) is 18.2 Å². The molecule has 0 N–H and O–H groups in total. The van der Waals surface area contributed by atoms with E-state index in [1.165, 1.54) is 6.42 Å². The molecule has 0 saturated heterocycles. The van der Waals surface area contributed by atoms with Crippen LogP contribution in [-0.2, 0) is 0 Å². The topological polar surface area (TPSA) is 33.2 Å². The molecule has 1 aliphatic rings. The molecule has 1 aromatic carbocycles. The van der Waals surface area contributed by atoms with Crippen molar-refractivity contribution < 1.29 is 4.79 Å². The molecule has 21 heavy (non-hydrogen) atoms. The van der Waals surface area contributed by atoms with Crippen molar-refractivity contribution in [2.45, 2.75) is 31.7 Å². The zero-order valence-corrected chi connectivity index (χ0v) is 12.7. The van der Waals surface area contributed by atoms with Crippen molar-refractivity contribution in [1.29, 1.82) is 0 Å². The van der Waals surface area contributed by atoms with Gasteiger partial charge in [-0.05, 0) is 37.8 Å². The summed E-state index contributed by atoms with van der Waals surface area (Å²) in [5, 5.41) is 1.01. The molecule has 1 fully saturated rings. The Morgan fingerprint density at radius 2 is 2.10 bits per heavy atom. The van der Waals surface area contributed by atoms with Gasteiger partial charge in [-0.15, -0.1) is 11.6 Å². The van der Waals surface area contributed by atoms with Crippen LogP contribution in [-0.4, -0.2) is 34.3 Å². The summed E-state index contributed by atoms with van der Waals surface area (Å²) in [6.45, 7) is 0.732. The first kappa shape index (κ1) is 14.3. The van der Waals surface area contributed by atoms with E-state index < -0.39 is 0 Å². The number of nitrogens with zero attached hydrogens (tertiary/aromatic N) is 2. The fraction of sp³-hybridized carbons (Fsp3) is 0.412. The zero-order chi connectivity index (χ0) is 14.7. The second kappa shape index (κ2) is 6.44. The number of halogens is 1. The minimum absolute atomic E-state index is 0.0918. The van der Waals surface area contributed by atoms with Crippen LogP contribution >= 0.6 is 11.6 Å². The molecule has 1 saturated carbocycles. The van der Waals surface area contributed by atoms with Crippen LogP contribution in [0.2, 0.25) is 0 Å². The van der Waals surface area contributed by atoms with Gasteiger partial charge >= 0.3 is 0 Å². The van der Waals surface area contributed by atoms with Gasteiger partial charge in [-0.25, -0.2) is 0 Å². The molecular formula is C17H19ClN2O. The monoisotopic (exact) mass is 302 g/mol. The number of carbonyl (C=O) groups excluding carboxylic acids is 1. The highest BCUT2D eigenvalue weighted by molar-refractivity contribution is 6.17. The number of aromatic nitrogens is 1. The molecule has 0 unspecified atom stereocenters. The average Bonchev–Trinajstić information content (AvgIpc) is 2.48. The van der Waals surface area contributed by atoms with E-state index in [1.54, 1.807) is 6.20 Å². The van der Waals surface area contributed by atoms with Crippen molar-refractivity contribution in [2.24, 2.45) is 0 Å². The Labute approximate surface area is 129 Å². The van der Waals surface area contributed by atoms with E-state index in [9.17, 15) is 4.79 Å². The molecule has 1 heterocycles. The molecule has 1 aromatic heterocycles. The van der Waals surface area contributed by atoms with E-state index in [4.69, 9.17) is 11.6 Å². The summed E-state index contributed by atoms with van der Waals surface area (Å²) in [7, 11) is 0. The molecule has 0 spiro atoms. The molecule has 2 aromatic rings. The highest BCUT2D eigenvalue weighted by atomic mass is 35.5. The number of hydrogen-bond donors (Lipinski definition) is 0. The smallest absolute Gasteiger partial charge is 0.256 e. The maximum atomic E-state index is 12.9. The molecule has 4 heteroatoms. The third kappa shape index (κ3) is 2.88. The lowest BCUT2D eigenvalue weighted by Gasteiger charge is -2.37. The van der Waals surface area contributed by atoms with Gasteiger partial charge in [0.25, 0.3) is 5.91 Å². The molecule has 1 amide bonds. The Balaban J connectivity index is 1.93. The quantitative estimate of drug-likeness (QED) is 0.786. The summed E-state index contributed by atoms with van der Waals surface area (Å²) in [6.07, 6.45) is 6.00. The standard InChI is InChI=1S/C17H19ClN2O/c18-10-4-12-20(14-7-2-8-14)17(21)15-9-1-5-13-6-3-11-19-16(13)15/h1,3,5-6,9,11,14H,2,4,7-8,10,12H2. The molecule has 3 nitrogen and oxygen atoms in total. The van der Waals surface area contributed by atoms with Crippen molar-refractivity contribution in [1.82, 2.24) is 9.88 Å². The van der Waals surface area contributed by atoms with Crippen LogP contribution in [0, 0.1) is 0 Å². The number of alkyl halides is 1. The van der Waals surface area contributed by atoms with E-state index in [2.05, 4.69) is 4.98 Å². The molecular weight excluding hydrogens is 284 g/mol. The Morgan fingerprint density at radius 1 is 1.29 bits per heavy atom. The molecule has 110 valence electrons. The van der Waals surface area contributed by atoms with Gasteiger partial charge in [0.05, 0.1) is 11.1 Å². The third-order valence-electron chi connectivity index (χ3n) is 4.17. The van der Waals surface area contributed by atoms with Crippen LogP contribution in [0.1, 0.15) is 36.0 Å². The van der Waals surface area contributed by atoms with Crippen molar-refractivity contribution >= 4 is 28.4 Å². The number of hydrogen-bond acceptors (Lipinski definition) is 2. The molecule has 0 bridgehead atoms. The first-order valence-corrected chi connectivity index (χ1v) is 8.05. The third-order valence-corrected chi connectivity index (χ3v) is 4.44. The van der Waals surface area contributed by atoms with E-state index in [-0.39, 0.29) is 5.91 Å². The highest BCUT2D eigenvalue weighted by Gasteiger charge is 2.29. The number of pyridine rings is 1. The maximum Gasteiger partial charge on any atom is 0.256 e. The minimum atomic E-state index is 0.0918. The van der Waals surface area contributed by atoms with Crippen LogP contribution in [0.5, 0.6) is 0 Å². The highest BCUT2D eigenvalue weighted by Crippen LogP contribution is 2.28. The fourth-order valence-corrected chi connectivity index (χ4v) is 2.93. The van der Waals surface area contributed by atoms with E-state index in [0.717, 1.165) is 36.7 Å². The normalized spacial score (nSPS) is 14.9. The van der Waals surface area contributed by atoms with Gasteiger partial charge in [-0.3, -0.25) is 9.78 Å². The van der Waals surface area contributed by atoms with Crippen molar-refractivity contribution in [3.63, 3.8) is 0 Å². The van der Waals surface area contributed by atoms with Crippen molar-refractivity contribution in [3.05, 3.63) is 42.1 Å². The minimum Gasteiger partial charge on any atom is -0.336 e. The number of carbonyl (C=O) groups is 1. The predicted octanol–water partition coefficient (Wildman–Crippen LogP) is 3.86. The molecule has 0 radical (unpaired) electrons. The van der Waals surface area contributed by atoms with Gasteiger partial charge in [-0.2, -0.15) is 0 Å². The predicted molar refractivity (Wildman–Crippen MR) is 85.8 cm³/mol. The Kier molecular flexibility index (Phi) is 4.39. The summed E-state index contributed by atoms with van der Waals surface area (Å²) >= 11 is 5.81. The second-order valence-electron chi connectivity index (χ2n) is 5.51. The van der Waals surface area contributed by atoms with E-state index >= 15 is 0 Å². The molecule has 3 rings (SSSR count). The number of para-hydroxylation sites is 1. The van der Waals surface area contributed by atoms with Crippen LogP contribution < -0.4 is 0 Å². The van der Waals surface area contributed by atoms with Gasteiger partial charge in [0.15, 0.2) is 0 Å². The summed E-state index contributed by atoms with van der Waals surface area (Å²) in [6, 6.07) is 10.1. The van der Waals surface area contributed by atoms with Gasteiger partial charge < -0.3 is 4.90 Å². The van der Waals surface area contributed by atoms with Gasteiger partial charge in [0.1, 0.15) is 0 Å². The van der Waals surface area contributed by atoms with Crippen LogP contribution in [0.3, 0.4) is 0 Å². The lowest BCUT2D eigenvalue weighted by Crippen LogP contribution is -2.45. The molecule has 1 aliphatic carbocycles. The fourth-order valence-electron chi connectivity index (χ4n) is 2.81. The lowest BCUT2D eigenvalue weighted by molar-refractivity contribution is 0.0582. The first-order chi connectivity index (χ1) is 10.3. The largest absolute Gasteiger partial charge is 0.336 e. The SMILES string of the molecule is O=C(c1cccc2cccnc12)N(CCCCl)C1CCC1. The summed E-state index contributed by atoms with van der Waals surface area (Å²) in [5.41, 5.74) is 1.50. The number of fused-ring (bicyclic) bond motifs is 1. The average molecular weight is 303 g/mol. The Hall–Kier alpha value is -1.61. The number of benzene rings is 1. The van der Waals surface area contributed by atoms with Crippen molar-refractivity contribution in [3.8, 4) is 0 Å².